The molecule has 4 nitrogen and oxygen atoms in total. The predicted octanol–water partition coefficient (Wildman–Crippen LogP) is 1.23. The zero-order valence-corrected chi connectivity index (χ0v) is 11.4. The van der Waals surface area contributed by atoms with Crippen LogP contribution in [0, 0.1) is 12.8 Å². The lowest BCUT2D eigenvalue weighted by Gasteiger charge is -2.33. The Balaban J connectivity index is 2.24. The maximum atomic E-state index is 9.27. The molecule has 5 heteroatoms. The van der Waals surface area contributed by atoms with Gasteiger partial charge in [-0.05, 0) is 37.8 Å². The second kappa shape index (κ2) is 5.63. The van der Waals surface area contributed by atoms with Crippen LogP contribution in [-0.2, 0) is 0 Å². The summed E-state index contributed by atoms with van der Waals surface area (Å²) in [5, 5.41) is 9.27. The van der Waals surface area contributed by atoms with E-state index in [1.54, 1.807) is 0 Å². The van der Waals surface area contributed by atoms with Crippen molar-refractivity contribution < 1.29 is 5.11 Å². The van der Waals surface area contributed by atoms with Gasteiger partial charge in [-0.25, -0.2) is 4.98 Å². The summed E-state index contributed by atoms with van der Waals surface area (Å²) in [6.07, 6.45) is 2.17. The summed E-state index contributed by atoms with van der Waals surface area (Å²) in [6.45, 7) is 4.01. The highest BCUT2D eigenvalue weighted by Gasteiger charge is 2.20. The molecule has 0 aliphatic carbocycles. The fourth-order valence-corrected chi connectivity index (χ4v) is 2.50. The van der Waals surface area contributed by atoms with E-state index in [0.717, 1.165) is 43.0 Å². The summed E-state index contributed by atoms with van der Waals surface area (Å²) < 4.78 is 0. The van der Waals surface area contributed by atoms with Crippen molar-refractivity contribution in [2.24, 2.45) is 11.7 Å². The van der Waals surface area contributed by atoms with Crippen LogP contribution in [0.15, 0.2) is 12.1 Å². The van der Waals surface area contributed by atoms with Gasteiger partial charge in [0.25, 0.3) is 0 Å². The van der Waals surface area contributed by atoms with Crippen molar-refractivity contribution in [2.75, 3.05) is 24.6 Å². The Morgan fingerprint density at radius 2 is 2.39 bits per heavy atom. The molecule has 1 atom stereocenters. The largest absolute Gasteiger partial charge is 0.396 e. The number of aliphatic hydroxyl groups is 1. The zero-order valence-electron chi connectivity index (χ0n) is 10.6. The number of nitrogens with zero attached hydrogens (tertiary/aromatic N) is 2. The summed E-state index contributed by atoms with van der Waals surface area (Å²) in [5.41, 5.74) is 7.46. The minimum absolute atomic E-state index is 0.241. The van der Waals surface area contributed by atoms with E-state index in [1.807, 2.05) is 19.1 Å². The van der Waals surface area contributed by atoms with Crippen LogP contribution < -0.4 is 10.6 Å². The van der Waals surface area contributed by atoms with E-state index < -0.39 is 0 Å². The first-order valence-corrected chi connectivity index (χ1v) is 6.65. The van der Waals surface area contributed by atoms with Crippen molar-refractivity contribution in [3.63, 3.8) is 0 Å². The van der Waals surface area contributed by atoms with Crippen molar-refractivity contribution in [1.29, 1.82) is 0 Å². The minimum Gasteiger partial charge on any atom is -0.396 e. The van der Waals surface area contributed by atoms with Gasteiger partial charge in [0.05, 0.1) is 0 Å². The summed E-state index contributed by atoms with van der Waals surface area (Å²) in [6, 6.07) is 3.84. The summed E-state index contributed by atoms with van der Waals surface area (Å²) in [4.78, 5) is 7.15. The molecule has 18 heavy (non-hydrogen) atoms. The average molecular weight is 265 g/mol. The van der Waals surface area contributed by atoms with Gasteiger partial charge in [0.1, 0.15) is 10.8 Å². The van der Waals surface area contributed by atoms with Gasteiger partial charge in [-0.3, -0.25) is 0 Å². The highest BCUT2D eigenvalue weighted by molar-refractivity contribution is 7.80. The van der Waals surface area contributed by atoms with Crippen molar-refractivity contribution in [3.05, 3.63) is 23.4 Å². The quantitative estimate of drug-likeness (QED) is 0.805. The van der Waals surface area contributed by atoms with Crippen LogP contribution in [0.4, 0.5) is 5.82 Å². The molecule has 0 radical (unpaired) electrons. The molecule has 2 heterocycles. The summed E-state index contributed by atoms with van der Waals surface area (Å²) >= 11 is 5.02. The Hall–Kier alpha value is -1.20. The molecule has 1 unspecified atom stereocenters. The Morgan fingerprint density at radius 3 is 3.06 bits per heavy atom. The number of nitrogens with two attached hydrogens (primary N) is 1. The SMILES string of the molecule is Cc1cc(C(N)=S)cc(N2CCCC(CO)C2)n1. The molecule has 1 saturated heterocycles. The third-order valence-electron chi connectivity index (χ3n) is 3.33. The van der Waals surface area contributed by atoms with E-state index in [-0.39, 0.29) is 6.61 Å². The van der Waals surface area contributed by atoms with Crippen molar-refractivity contribution in [3.8, 4) is 0 Å². The van der Waals surface area contributed by atoms with Gasteiger partial charge in [0, 0.05) is 31.0 Å². The van der Waals surface area contributed by atoms with E-state index in [4.69, 9.17) is 18.0 Å². The van der Waals surface area contributed by atoms with Crippen LogP contribution in [0.25, 0.3) is 0 Å². The van der Waals surface area contributed by atoms with Crippen molar-refractivity contribution >= 4 is 23.0 Å². The first kappa shape index (κ1) is 13.2. The fourth-order valence-electron chi connectivity index (χ4n) is 2.38. The van der Waals surface area contributed by atoms with Gasteiger partial charge in [-0.2, -0.15) is 0 Å². The first-order valence-electron chi connectivity index (χ1n) is 6.24. The number of hydrogen-bond acceptors (Lipinski definition) is 4. The lowest BCUT2D eigenvalue weighted by molar-refractivity contribution is 0.208. The fraction of sp³-hybridized carbons (Fsp3) is 0.538. The van der Waals surface area contributed by atoms with Gasteiger partial charge >= 0.3 is 0 Å². The minimum atomic E-state index is 0.241. The molecule has 1 aliphatic rings. The molecule has 0 bridgehead atoms. The normalized spacial score (nSPS) is 19.9. The van der Waals surface area contributed by atoms with Crippen LogP contribution in [0.2, 0.25) is 0 Å². The Bertz CT molecular complexity index is 450. The second-order valence-electron chi connectivity index (χ2n) is 4.86. The smallest absolute Gasteiger partial charge is 0.129 e. The summed E-state index contributed by atoms with van der Waals surface area (Å²) in [7, 11) is 0. The van der Waals surface area contributed by atoms with Gasteiger partial charge < -0.3 is 15.7 Å². The van der Waals surface area contributed by atoms with E-state index in [9.17, 15) is 5.11 Å². The zero-order chi connectivity index (χ0) is 13.1. The topological polar surface area (TPSA) is 62.4 Å². The van der Waals surface area contributed by atoms with Crippen LogP contribution in [0.5, 0.6) is 0 Å². The summed E-state index contributed by atoms with van der Waals surface area (Å²) in [5.74, 6) is 1.25. The molecular formula is C13H19N3OS. The highest BCUT2D eigenvalue weighted by Crippen LogP contribution is 2.22. The van der Waals surface area contributed by atoms with Gasteiger partial charge in [0.2, 0.25) is 0 Å². The predicted molar refractivity (Wildman–Crippen MR) is 76.9 cm³/mol. The number of hydrogen-bond donors (Lipinski definition) is 2. The van der Waals surface area contributed by atoms with E-state index >= 15 is 0 Å². The standard InChI is InChI=1S/C13H19N3OS/c1-9-5-11(13(14)18)6-12(15-9)16-4-2-3-10(7-16)8-17/h5-6,10,17H,2-4,7-8H2,1H3,(H2,14,18). The first-order chi connectivity index (χ1) is 8.60. The number of pyridine rings is 1. The van der Waals surface area contributed by atoms with Gasteiger partial charge in [-0.1, -0.05) is 12.2 Å². The Labute approximate surface area is 113 Å². The Morgan fingerprint density at radius 1 is 1.61 bits per heavy atom. The average Bonchev–Trinajstić information content (AvgIpc) is 2.38. The third kappa shape index (κ3) is 2.97. The van der Waals surface area contributed by atoms with E-state index in [0.29, 0.717) is 10.9 Å². The molecular weight excluding hydrogens is 246 g/mol. The monoisotopic (exact) mass is 265 g/mol. The molecule has 98 valence electrons. The highest BCUT2D eigenvalue weighted by atomic mass is 32.1. The van der Waals surface area contributed by atoms with Crippen LogP contribution in [-0.4, -0.2) is 34.8 Å². The number of piperidine rings is 1. The molecule has 1 fully saturated rings. The lowest BCUT2D eigenvalue weighted by atomic mass is 9.99. The van der Waals surface area contributed by atoms with Crippen LogP contribution in [0.3, 0.4) is 0 Å². The number of aliphatic hydroxyl groups excluding tert-OH is 1. The lowest BCUT2D eigenvalue weighted by Crippen LogP contribution is -2.37. The van der Waals surface area contributed by atoms with Gasteiger partial charge in [0.15, 0.2) is 0 Å². The molecule has 0 amide bonds. The maximum absolute atomic E-state index is 9.27. The maximum Gasteiger partial charge on any atom is 0.129 e. The molecule has 1 aromatic rings. The van der Waals surface area contributed by atoms with Crippen LogP contribution in [0.1, 0.15) is 24.1 Å². The number of aryl methyl sites for hydroxylation is 1. The molecule has 1 aromatic heterocycles. The molecule has 2 rings (SSSR count). The van der Waals surface area contributed by atoms with E-state index in [2.05, 4.69) is 9.88 Å². The molecule has 3 N–H and O–H groups in total. The molecule has 1 aliphatic heterocycles. The van der Waals surface area contributed by atoms with Gasteiger partial charge in [-0.15, -0.1) is 0 Å². The third-order valence-corrected chi connectivity index (χ3v) is 3.56. The van der Waals surface area contributed by atoms with E-state index in [1.165, 1.54) is 0 Å². The van der Waals surface area contributed by atoms with Crippen molar-refractivity contribution in [1.82, 2.24) is 4.98 Å². The second-order valence-corrected chi connectivity index (χ2v) is 5.30. The molecule has 0 spiro atoms. The Kier molecular flexibility index (Phi) is 4.14. The number of aromatic nitrogens is 1. The number of anilines is 1. The van der Waals surface area contributed by atoms with Crippen molar-refractivity contribution in [2.45, 2.75) is 19.8 Å². The molecule has 0 aromatic carbocycles. The molecule has 0 saturated carbocycles. The number of thiocarbonyl (C=S) groups is 1. The number of rotatable bonds is 3. The van der Waals surface area contributed by atoms with Crippen LogP contribution >= 0.6 is 12.2 Å².